The van der Waals surface area contributed by atoms with Gasteiger partial charge >= 0.3 is 0 Å². The largest absolute Gasteiger partial charge is 0.493 e. The molecular formula is C29H22ClIN2O3. The molecule has 0 aromatic heterocycles. The van der Waals surface area contributed by atoms with Gasteiger partial charge in [-0.15, -0.1) is 0 Å². The molecule has 0 fully saturated rings. The minimum Gasteiger partial charge on any atom is -0.493 e. The molecule has 0 aliphatic rings. The quantitative estimate of drug-likeness (QED) is 0.134. The van der Waals surface area contributed by atoms with Crippen molar-refractivity contribution in [2.45, 2.75) is 13.5 Å². The summed E-state index contributed by atoms with van der Waals surface area (Å²) in [4.78, 5) is 12.8. The van der Waals surface area contributed by atoms with Crippen LogP contribution < -0.4 is 14.8 Å². The maximum Gasteiger partial charge on any atom is 0.266 e. The van der Waals surface area contributed by atoms with Gasteiger partial charge in [0, 0.05) is 10.7 Å². The van der Waals surface area contributed by atoms with Crippen LogP contribution in [0.1, 0.15) is 16.7 Å². The first kappa shape index (κ1) is 25.5. The molecule has 0 aliphatic carbocycles. The second-order valence-electron chi connectivity index (χ2n) is 8.04. The minimum atomic E-state index is -0.520. The summed E-state index contributed by atoms with van der Waals surface area (Å²) in [5.74, 6) is 0.590. The Morgan fingerprint density at radius 3 is 2.61 bits per heavy atom. The van der Waals surface area contributed by atoms with Crippen molar-refractivity contribution in [3.63, 3.8) is 0 Å². The zero-order chi connectivity index (χ0) is 25.7. The number of benzene rings is 4. The Hall–Kier alpha value is -3.54. The fourth-order valence-corrected chi connectivity index (χ4v) is 4.65. The number of rotatable bonds is 7. The number of hydrogen-bond donors (Lipinski definition) is 1. The van der Waals surface area contributed by atoms with Crippen molar-refractivity contribution in [2.75, 3.05) is 12.4 Å². The van der Waals surface area contributed by atoms with Gasteiger partial charge in [-0.2, -0.15) is 5.26 Å². The van der Waals surface area contributed by atoms with Gasteiger partial charge in [-0.25, -0.2) is 0 Å². The predicted octanol–water partition coefficient (Wildman–Crippen LogP) is 7.54. The van der Waals surface area contributed by atoms with Crippen molar-refractivity contribution in [3.8, 4) is 17.6 Å². The van der Waals surface area contributed by atoms with E-state index in [0.717, 1.165) is 20.1 Å². The van der Waals surface area contributed by atoms with E-state index in [1.165, 1.54) is 11.5 Å². The molecule has 7 heteroatoms. The highest BCUT2D eigenvalue weighted by Crippen LogP contribution is 2.35. The van der Waals surface area contributed by atoms with E-state index in [9.17, 15) is 10.1 Å². The molecule has 0 heterocycles. The maximum absolute atomic E-state index is 12.8. The molecule has 0 unspecified atom stereocenters. The van der Waals surface area contributed by atoms with Crippen LogP contribution in [0.25, 0.3) is 16.8 Å². The third kappa shape index (κ3) is 5.81. The van der Waals surface area contributed by atoms with Crippen LogP contribution in [-0.2, 0) is 11.4 Å². The lowest BCUT2D eigenvalue weighted by Gasteiger charge is -2.14. The SMILES string of the molecule is COc1cc(/C=C(\C#N)C(=O)Nc2cccc(Cl)c2C)cc(I)c1OCc1ccc2ccccc2c1. The first-order chi connectivity index (χ1) is 17.4. The number of ether oxygens (including phenoxy) is 2. The summed E-state index contributed by atoms with van der Waals surface area (Å²) < 4.78 is 12.5. The Balaban J connectivity index is 1.55. The number of carbonyl (C=O) groups excluding carboxylic acids is 1. The summed E-state index contributed by atoms with van der Waals surface area (Å²) in [6, 6.07) is 25.2. The molecule has 1 N–H and O–H groups in total. The van der Waals surface area contributed by atoms with Crippen LogP contribution in [0, 0.1) is 21.8 Å². The number of hydrogen-bond acceptors (Lipinski definition) is 4. The van der Waals surface area contributed by atoms with Gasteiger partial charge in [-0.3, -0.25) is 4.79 Å². The second kappa shape index (κ2) is 11.5. The van der Waals surface area contributed by atoms with Crippen LogP contribution in [0.2, 0.25) is 5.02 Å². The molecule has 0 saturated heterocycles. The lowest BCUT2D eigenvalue weighted by molar-refractivity contribution is -0.112. The van der Waals surface area contributed by atoms with Crippen LogP contribution in [0.3, 0.4) is 0 Å². The van der Waals surface area contributed by atoms with Gasteiger partial charge in [0.1, 0.15) is 18.2 Å². The number of anilines is 1. The predicted molar refractivity (Wildman–Crippen MR) is 152 cm³/mol. The molecule has 180 valence electrons. The number of nitrogens with zero attached hydrogens (tertiary/aromatic N) is 1. The van der Waals surface area contributed by atoms with Gasteiger partial charge in [0.05, 0.1) is 10.7 Å². The average Bonchev–Trinajstić information content (AvgIpc) is 2.88. The highest BCUT2D eigenvalue weighted by atomic mass is 127. The zero-order valence-corrected chi connectivity index (χ0v) is 22.6. The zero-order valence-electron chi connectivity index (χ0n) is 19.6. The molecule has 4 aromatic carbocycles. The number of nitrogens with one attached hydrogen (secondary N) is 1. The first-order valence-electron chi connectivity index (χ1n) is 11.1. The van der Waals surface area contributed by atoms with Crippen LogP contribution in [-0.4, -0.2) is 13.0 Å². The Morgan fingerprint density at radius 1 is 1.08 bits per heavy atom. The normalized spacial score (nSPS) is 11.1. The van der Waals surface area contributed by atoms with E-state index in [-0.39, 0.29) is 5.57 Å². The van der Waals surface area contributed by atoms with Crippen molar-refractivity contribution in [1.82, 2.24) is 0 Å². The third-order valence-corrected chi connectivity index (χ3v) is 6.85. The van der Waals surface area contributed by atoms with Gasteiger partial charge in [0.25, 0.3) is 5.91 Å². The van der Waals surface area contributed by atoms with Crippen molar-refractivity contribution in [2.24, 2.45) is 0 Å². The second-order valence-corrected chi connectivity index (χ2v) is 9.61. The van der Waals surface area contributed by atoms with Crippen LogP contribution in [0.5, 0.6) is 11.5 Å². The lowest BCUT2D eigenvalue weighted by Crippen LogP contribution is -2.14. The molecule has 0 saturated carbocycles. The summed E-state index contributed by atoms with van der Waals surface area (Å²) in [7, 11) is 1.56. The Bertz CT molecular complexity index is 1530. The number of amides is 1. The molecule has 1 amide bonds. The topological polar surface area (TPSA) is 71.3 Å². The van der Waals surface area contributed by atoms with E-state index in [1.807, 2.05) is 30.3 Å². The minimum absolute atomic E-state index is 0.0444. The highest BCUT2D eigenvalue weighted by Gasteiger charge is 2.15. The summed E-state index contributed by atoms with van der Waals surface area (Å²) in [5, 5.41) is 15.2. The monoisotopic (exact) mass is 608 g/mol. The molecule has 4 aromatic rings. The van der Waals surface area contributed by atoms with E-state index >= 15 is 0 Å². The van der Waals surface area contributed by atoms with Gasteiger partial charge in [-0.1, -0.05) is 54.1 Å². The van der Waals surface area contributed by atoms with Crippen molar-refractivity contribution >= 4 is 62.6 Å². The smallest absolute Gasteiger partial charge is 0.266 e. The molecule has 4 rings (SSSR count). The summed E-state index contributed by atoms with van der Waals surface area (Å²) >= 11 is 8.30. The van der Waals surface area contributed by atoms with E-state index in [1.54, 1.807) is 38.3 Å². The summed E-state index contributed by atoms with van der Waals surface area (Å²) in [5.41, 5.74) is 2.92. The molecular weight excluding hydrogens is 587 g/mol. The van der Waals surface area contributed by atoms with Crippen LogP contribution in [0.4, 0.5) is 5.69 Å². The van der Waals surface area contributed by atoms with E-state index in [4.69, 9.17) is 21.1 Å². The van der Waals surface area contributed by atoms with Crippen molar-refractivity contribution < 1.29 is 14.3 Å². The van der Waals surface area contributed by atoms with Gasteiger partial charge in [0.15, 0.2) is 11.5 Å². The van der Waals surface area contributed by atoms with E-state index in [0.29, 0.717) is 34.4 Å². The molecule has 5 nitrogen and oxygen atoms in total. The first-order valence-corrected chi connectivity index (χ1v) is 12.5. The standard InChI is InChI=1S/C29H22ClIN2O3/c1-18-24(30)8-5-9-26(18)33-29(34)23(16-32)13-20-14-25(31)28(27(15-20)35-2)36-17-19-10-11-21-6-3-4-7-22(21)12-19/h3-15H,17H2,1-2H3,(H,33,34)/b23-13+. The maximum atomic E-state index is 12.8. The number of halogens is 2. The summed E-state index contributed by atoms with van der Waals surface area (Å²) in [6.45, 7) is 2.18. The van der Waals surface area contributed by atoms with Gasteiger partial charge in [-0.05, 0) is 93.4 Å². The molecule has 0 atom stereocenters. The lowest BCUT2D eigenvalue weighted by atomic mass is 10.1. The molecule has 0 radical (unpaired) electrons. The summed E-state index contributed by atoms with van der Waals surface area (Å²) in [6.07, 6.45) is 1.52. The Labute approximate surface area is 228 Å². The van der Waals surface area contributed by atoms with Crippen LogP contribution >= 0.6 is 34.2 Å². The Kier molecular flexibility index (Phi) is 8.14. The van der Waals surface area contributed by atoms with E-state index in [2.05, 4.69) is 52.2 Å². The number of fused-ring (bicyclic) bond motifs is 1. The number of nitriles is 1. The fourth-order valence-electron chi connectivity index (χ4n) is 3.70. The molecule has 0 spiro atoms. The fraction of sp³-hybridized carbons (Fsp3) is 0.103. The number of methoxy groups -OCH3 is 1. The van der Waals surface area contributed by atoms with Crippen LogP contribution in [0.15, 0.2) is 78.4 Å². The average molecular weight is 609 g/mol. The van der Waals surface area contributed by atoms with Gasteiger partial charge in [0.2, 0.25) is 0 Å². The third-order valence-electron chi connectivity index (χ3n) is 5.64. The molecule has 0 aliphatic heterocycles. The Morgan fingerprint density at radius 2 is 1.86 bits per heavy atom. The number of carbonyl (C=O) groups is 1. The molecule has 36 heavy (non-hydrogen) atoms. The van der Waals surface area contributed by atoms with Gasteiger partial charge < -0.3 is 14.8 Å². The van der Waals surface area contributed by atoms with Crippen molar-refractivity contribution in [3.05, 3.63) is 104 Å². The van der Waals surface area contributed by atoms with E-state index < -0.39 is 5.91 Å². The molecule has 0 bridgehead atoms. The van der Waals surface area contributed by atoms with Crippen molar-refractivity contribution in [1.29, 1.82) is 5.26 Å². The highest BCUT2D eigenvalue weighted by molar-refractivity contribution is 14.1.